The molecule has 2 rings (SSSR count). The van der Waals surface area contributed by atoms with Crippen molar-refractivity contribution in [1.29, 1.82) is 0 Å². The number of amides is 1. The van der Waals surface area contributed by atoms with Crippen molar-refractivity contribution in [1.82, 2.24) is 4.90 Å². The molecule has 1 saturated heterocycles. The molecular formula is C14H19ClN2O2. The van der Waals surface area contributed by atoms with Crippen LogP contribution in [0, 0.1) is 0 Å². The maximum atomic E-state index is 11.8. The quantitative estimate of drug-likeness (QED) is 0.915. The number of carbonyl (C=O) groups is 1. The SMILES string of the molecule is O=C(CCCO)N1CCN(c2cccc(Cl)c2)CC1. The van der Waals surface area contributed by atoms with Gasteiger partial charge in [-0.1, -0.05) is 17.7 Å². The van der Waals surface area contributed by atoms with Crippen LogP contribution in [-0.4, -0.2) is 48.7 Å². The fourth-order valence-electron chi connectivity index (χ4n) is 2.28. The van der Waals surface area contributed by atoms with E-state index in [2.05, 4.69) is 4.90 Å². The number of hydrogen-bond acceptors (Lipinski definition) is 3. The predicted molar refractivity (Wildman–Crippen MR) is 76.6 cm³/mol. The molecule has 0 unspecified atom stereocenters. The maximum Gasteiger partial charge on any atom is 0.222 e. The molecule has 1 aromatic rings. The molecule has 1 amide bonds. The number of anilines is 1. The van der Waals surface area contributed by atoms with Crippen molar-refractivity contribution in [3.8, 4) is 0 Å². The molecule has 1 fully saturated rings. The van der Waals surface area contributed by atoms with E-state index in [0.717, 1.165) is 36.9 Å². The van der Waals surface area contributed by atoms with E-state index in [4.69, 9.17) is 16.7 Å². The second-order valence-corrected chi connectivity index (χ2v) is 5.11. The minimum absolute atomic E-state index is 0.0776. The van der Waals surface area contributed by atoms with Crippen LogP contribution >= 0.6 is 11.6 Å². The number of benzene rings is 1. The van der Waals surface area contributed by atoms with Crippen molar-refractivity contribution in [2.75, 3.05) is 37.7 Å². The molecule has 1 aliphatic heterocycles. The molecular weight excluding hydrogens is 264 g/mol. The molecule has 1 N–H and O–H groups in total. The maximum absolute atomic E-state index is 11.8. The molecule has 0 bridgehead atoms. The van der Waals surface area contributed by atoms with Gasteiger partial charge in [0.25, 0.3) is 0 Å². The third-order valence-corrected chi connectivity index (χ3v) is 3.59. The molecule has 104 valence electrons. The Kier molecular flexibility index (Phi) is 5.05. The van der Waals surface area contributed by atoms with Gasteiger partial charge in [-0.3, -0.25) is 4.79 Å². The molecule has 1 aromatic carbocycles. The molecule has 0 atom stereocenters. The van der Waals surface area contributed by atoms with Gasteiger partial charge in [0.15, 0.2) is 0 Å². The van der Waals surface area contributed by atoms with E-state index in [0.29, 0.717) is 12.8 Å². The van der Waals surface area contributed by atoms with E-state index in [9.17, 15) is 4.79 Å². The number of halogens is 1. The summed E-state index contributed by atoms with van der Waals surface area (Å²) in [5.74, 6) is 0.139. The lowest BCUT2D eigenvalue weighted by atomic mass is 10.2. The number of aliphatic hydroxyl groups is 1. The number of piperazine rings is 1. The predicted octanol–water partition coefficient (Wildman–Crippen LogP) is 1.76. The molecule has 5 heteroatoms. The number of carbonyl (C=O) groups excluding carboxylic acids is 1. The van der Waals surface area contributed by atoms with Crippen LogP contribution in [0.4, 0.5) is 5.69 Å². The minimum atomic E-state index is 0.0776. The Morgan fingerprint density at radius 2 is 2.00 bits per heavy atom. The average molecular weight is 283 g/mol. The Morgan fingerprint density at radius 3 is 2.63 bits per heavy atom. The highest BCUT2D eigenvalue weighted by molar-refractivity contribution is 6.30. The lowest BCUT2D eigenvalue weighted by molar-refractivity contribution is -0.131. The molecule has 0 radical (unpaired) electrons. The first-order chi connectivity index (χ1) is 9.20. The van der Waals surface area contributed by atoms with Crippen molar-refractivity contribution in [2.24, 2.45) is 0 Å². The molecule has 1 aliphatic rings. The van der Waals surface area contributed by atoms with E-state index in [1.54, 1.807) is 0 Å². The van der Waals surface area contributed by atoms with Crippen LogP contribution in [0.5, 0.6) is 0 Å². The zero-order valence-electron chi connectivity index (χ0n) is 10.9. The fourth-order valence-corrected chi connectivity index (χ4v) is 2.46. The Hall–Kier alpha value is -1.26. The normalized spacial score (nSPS) is 15.7. The standard InChI is InChI=1S/C14H19ClN2O2/c15-12-3-1-4-13(11-12)16-6-8-17(9-7-16)14(19)5-2-10-18/h1,3-4,11,18H,2,5-10H2. The Balaban J connectivity index is 1.87. The van der Waals surface area contributed by atoms with Crippen LogP contribution in [-0.2, 0) is 4.79 Å². The third kappa shape index (κ3) is 3.85. The number of rotatable bonds is 4. The third-order valence-electron chi connectivity index (χ3n) is 3.35. The summed E-state index contributed by atoms with van der Waals surface area (Å²) in [5, 5.41) is 9.47. The Morgan fingerprint density at radius 1 is 1.26 bits per heavy atom. The largest absolute Gasteiger partial charge is 0.396 e. The summed E-state index contributed by atoms with van der Waals surface area (Å²) in [6.07, 6.45) is 0.987. The topological polar surface area (TPSA) is 43.8 Å². The van der Waals surface area contributed by atoms with Crippen molar-refractivity contribution >= 4 is 23.2 Å². The number of nitrogens with zero attached hydrogens (tertiary/aromatic N) is 2. The smallest absolute Gasteiger partial charge is 0.222 e. The van der Waals surface area contributed by atoms with Gasteiger partial charge in [-0.25, -0.2) is 0 Å². The molecule has 0 aromatic heterocycles. The van der Waals surface area contributed by atoms with Crippen molar-refractivity contribution < 1.29 is 9.90 Å². The average Bonchev–Trinajstić information content (AvgIpc) is 2.45. The van der Waals surface area contributed by atoms with Gasteiger partial charge < -0.3 is 14.9 Å². The summed E-state index contributed by atoms with van der Waals surface area (Å²) in [5.41, 5.74) is 1.11. The summed E-state index contributed by atoms with van der Waals surface area (Å²) in [6, 6.07) is 7.79. The highest BCUT2D eigenvalue weighted by Crippen LogP contribution is 2.20. The highest BCUT2D eigenvalue weighted by atomic mass is 35.5. The first kappa shape index (κ1) is 14.2. The van der Waals surface area contributed by atoms with Crippen molar-refractivity contribution in [3.63, 3.8) is 0 Å². The van der Waals surface area contributed by atoms with E-state index in [-0.39, 0.29) is 12.5 Å². The lowest BCUT2D eigenvalue weighted by Crippen LogP contribution is -2.48. The summed E-state index contributed by atoms with van der Waals surface area (Å²) in [6.45, 7) is 3.19. The van der Waals surface area contributed by atoms with Gasteiger partial charge in [0.2, 0.25) is 5.91 Å². The van der Waals surface area contributed by atoms with Crippen LogP contribution in [0.3, 0.4) is 0 Å². The first-order valence-corrected chi connectivity index (χ1v) is 6.97. The Labute approximate surface area is 118 Å². The van der Waals surface area contributed by atoms with Gasteiger partial charge in [-0.05, 0) is 24.6 Å². The summed E-state index contributed by atoms with van der Waals surface area (Å²) < 4.78 is 0. The van der Waals surface area contributed by atoms with Crippen LogP contribution < -0.4 is 4.90 Å². The number of hydrogen-bond donors (Lipinski definition) is 1. The Bertz CT molecular complexity index is 431. The zero-order valence-corrected chi connectivity index (χ0v) is 11.6. The summed E-state index contributed by atoms with van der Waals surface area (Å²) in [7, 11) is 0. The first-order valence-electron chi connectivity index (χ1n) is 6.60. The van der Waals surface area contributed by atoms with Crippen LogP contribution in [0.25, 0.3) is 0 Å². The van der Waals surface area contributed by atoms with Crippen molar-refractivity contribution in [2.45, 2.75) is 12.8 Å². The van der Waals surface area contributed by atoms with Gasteiger partial charge in [-0.2, -0.15) is 0 Å². The van der Waals surface area contributed by atoms with Crippen LogP contribution in [0.15, 0.2) is 24.3 Å². The molecule has 0 spiro atoms. The van der Waals surface area contributed by atoms with Crippen LogP contribution in [0.2, 0.25) is 5.02 Å². The number of aliphatic hydroxyl groups excluding tert-OH is 1. The molecule has 1 heterocycles. The molecule has 4 nitrogen and oxygen atoms in total. The summed E-state index contributed by atoms with van der Waals surface area (Å²) in [4.78, 5) is 15.9. The summed E-state index contributed by atoms with van der Waals surface area (Å²) >= 11 is 5.99. The van der Waals surface area contributed by atoms with E-state index in [1.807, 2.05) is 29.2 Å². The monoisotopic (exact) mass is 282 g/mol. The van der Waals surface area contributed by atoms with Crippen molar-refractivity contribution in [3.05, 3.63) is 29.3 Å². The zero-order chi connectivity index (χ0) is 13.7. The lowest BCUT2D eigenvalue weighted by Gasteiger charge is -2.36. The van der Waals surface area contributed by atoms with E-state index in [1.165, 1.54) is 0 Å². The molecule has 0 aliphatic carbocycles. The second kappa shape index (κ2) is 6.78. The minimum Gasteiger partial charge on any atom is -0.396 e. The molecule has 0 saturated carbocycles. The second-order valence-electron chi connectivity index (χ2n) is 4.67. The van der Waals surface area contributed by atoms with E-state index < -0.39 is 0 Å². The van der Waals surface area contributed by atoms with E-state index >= 15 is 0 Å². The van der Waals surface area contributed by atoms with Gasteiger partial charge >= 0.3 is 0 Å². The highest BCUT2D eigenvalue weighted by Gasteiger charge is 2.20. The fraction of sp³-hybridized carbons (Fsp3) is 0.500. The van der Waals surface area contributed by atoms with Crippen LogP contribution in [0.1, 0.15) is 12.8 Å². The molecule has 19 heavy (non-hydrogen) atoms. The van der Waals surface area contributed by atoms with Gasteiger partial charge in [-0.15, -0.1) is 0 Å². The van der Waals surface area contributed by atoms with Gasteiger partial charge in [0, 0.05) is 49.9 Å². The van der Waals surface area contributed by atoms with Gasteiger partial charge in [0.05, 0.1) is 0 Å². The van der Waals surface area contributed by atoms with Gasteiger partial charge in [0.1, 0.15) is 0 Å².